The van der Waals surface area contributed by atoms with Crippen molar-refractivity contribution >= 4 is 31.9 Å². The van der Waals surface area contributed by atoms with E-state index in [1.54, 1.807) is 12.4 Å². The Morgan fingerprint density at radius 1 is 1.42 bits per heavy atom. The minimum absolute atomic E-state index is 0.317. The molecule has 0 aromatic carbocycles. The van der Waals surface area contributed by atoms with Gasteiger partial charge in [-0.2, -0.15) is 0 Å². The topological polar surface area (TPSA) is 35.0 Å². The Morgan fingerprint density at radius 3 is 2.67 bits per heavy atom. The lowest BCUT2D eigenvalue weighted by atomic mass is 10.5. The molecule has 1 atom stereocenters. The van der Waals surface area contributed by atoms with E-state index in [1.807, 2.05) is 0 Å². The molecule has 0 saturated heterocycles. The monoisotopic (exact) mass is 294 g/mol. The molecule has 3 nitrogen and oxygen atoms in total. The fourth-order valence-electron chi connectivity index (χ4n) is 0.591. The Kier molecular flexibility index (Phi) is 4.53. The van der Waals surface area contributed by atoms with Gasteiger partial charge in [0.05, 0.1) is 17.2 Å². The van der Waals surface area contributed by atoms with E-state index in [9.17, 15) is 0 Å². The van der Waals surface area contributed by atoms with E-state index in [-0.39, 0.29) is 0 Å². The molecule has 0 fully saturated rings. The summed E-state index contributed by atoms with van der Waals surface area (Å²) < 4.78 is 5.36. The van der Waals surface area contributed by atoms with Crippen molar-refractivity contribution in [3.63, 3.8) is 0 Å². The van der Waals surface area contributed by atoms with Gasteiger partial charge in [-0.3, -0.25) is 0 Å². The van der Waals surface area contributed by atoms with Gasteiger partial charge in [0, 0.05) is 5.33 Å². The highest BCUT2D eigenvalue weighted by molar-refractivity contribution is 9.12. The summed E-state index contributed by atoms with van der Waals surface area (Å²) >= 11 is 6.75. The molecule has 1 aromatic heterocycles. The molecule has 1 unspecified atom stereocenters. The maximum atomic E-state index is 5.36. The first-order valence-corrected chi connectivity index (χ1v) is 5.44. The van der Waals surface area contributed by atoms with Gasteiger partial charge in [0.15, 0.2) is 5.75 Å². The average molecular weight is 296 g/mol. The molecular formula is C7H8Br2N2O. The summed E-state index contributed by atoms with van der Waals surface area (Å²) in [5.74, 6) is 0.697. The van der Waals surface area contributed by atoms with Crippen molar-refractivity contribution in [3.8, 4) is 5.75 Å². The largest absolute Gasteiger partial charge is 0.489 e. The van der Waals surface area contributed by atoms with E-state index < -0.39 is 0 Å². The van der Waals surface area contributed by atoms with Crippen molar-refractivity contribution in [2.45, 2.75) is 4.83 Å². The standard InChI is InChI=1S/C7H8Br2N2O/c8-1-6(9)4-12-7-2-10-5-11-3-7/h2-3,5-6H,1,4H2. The van der Waals surface area contributed by atoms with Crippen LogP contribution in [0.25, 0.3) is 0 Å². The quantitative estimate of drug-likeness (QED) is 0.797. The van der Waals surface area contributed by atoms with Gasteiger partial charge in [0.1, 0.15) is 12.9 Å². The summed E-state index contributed by atoms with van der Waals surface area (Å²) in [4.78, 5) is 7.97. The first-order chi connectivity index (χ1) is 5.83. The lowest BCUT2D eigenvalue weighted by Crippen LogP contribution is -2.12. The van der Waals surface area contributed by atoms with Crippen LogP contribution in [0.5, 0.6) is 5.75 Å². The SMILES string of the molecule is BrCC(Br)COc1cncnc1. The maximum Gasteiger partial charge on any atom is 0.155 e. The second-order valence-electron chi connectivity index (χ2n) is 2.14. The molecule has 1 rings (SSSR count). The van der Waals surface area contributed by atoms with E-state index in [2.05, 4.69) is 41.8 Å². The normalized spacial score (nSPS) is 12.5. The van der Waals surface area contributed by atoms with Crippen LogP contribution in [0.3, 0.4) is 0 Å². The number of halogens is 2. The highest BCUT2D eigenvalue weighted by atomic mass is 79.9. The van der Waals surface area contributed by atoms with Crippen LogP contribution in [-0.2, 0) is 0 Å². The van der Waals surface area contributed by atoms with E-state index in [0.29, 0.717) is 17.2 Å². The molecule has 0 amide bonds. The van der Waals surface area contributed by atoms with Gasteiger partial charge in [-0.25, -0.2) is 9.97 Å². The van der Waals surface area contributed by atoms with Crippen LogP contribution in [0.4, 0.5) is 0 Å². The third-order valence-electron chi connectivity index (χ3n) is 1.14. The van der Waals surface area contributed by atoms with Crippen molar-refractivity contribution in [2.24, 2.45) is 0 Å². The predicted octanol–water partition coefficient (Wildman–Crippen LogP) is 2.01. The fraction of sp³-hybridized carbons (Fsp3) is 0.429. The molecule has 0 saturated carbocycles. The van der Waals surface area contributed by atoms with Crippen molar-refractivity contribution in [1.82, 2.24) is 9.97 Å². The number of alkyl halides is 2. The molecule has 0 radical (unpaired) electrons. The number of hydrogen-bond acceptors (Lipinski definition) is 3. The first-order valence-electron chi connectivity index (χ1n) is 3.40. The van der Waals surface area contributed by atoms with Crippen LogP contribution < -0.4 is 4.74 Å². The molecule has 12 heavy (non-hydrogen) atoms. The minimum Gasteiger partial charge on any atom is -0.489 e. The molecule has 5 heteroatoms. The lowest BCUT2D eigenvalue weighted by Gasteiger charge is -2.07. The molecule has 0 aliphatic rings. The minimum atomic E-state index is 0.317. The molecule has 66 valence electrons. The predicted molar refractivity (Wildman–Crippen MR) is 54.0 cm³/mol. The smallest absolute Gasteiger partial charge is 0.155 e. The Labute approximate surface area is 87.8 Å². The summed E-state index contributed by atoms with van der Waals surface area (Å²) in [5, 5.41) is 0.862. The zero-order valence-electron chi connectivity index (χ0n) is 6.28. The zero-order valence-corrected chi connectivity index (χ0v) is 9.45. The maximum absolute atomic E-state index is 5.36. The zero-order chi connectivity index (χ0) is 8.81. The number of rotatable bonds is 4. The van der Waals surface area contributed by atoms with Crippen LogP contribution in [0.2, 0.25) is 0 Å². The summed E-state index contributed by atoms with van der Waals surface area (Å²) in [6, 6.07) is 0. The van der Waals surface area contributed by atoms with Gasteiger partial charge in [0.25, 0.3) is 0 Å². The van der Waals surface area contributed by atoms with Crippen molar-refractivity contribution < 1.29 is 4.74 Å². The van der Waals surface area contributed by atoms with E-state index >= 15 is 0 Å². The Balaban J connectivity index is 2.33. The van der Waals surface area contributed by atoms with Gasteiger partial charge in [-0.1, -0.05) is 31.9 Å². The Hall–Kier alpha value is -0.160. The second-order valence-corrected chi connectivity index (χ2v) is 4.08. The van der Waals surface area contributed by atoms with Gasteiger partial charge in [-0.05, 0) is 0 Å². The third kappa shape index (κ3) is 3.49. The molecule has 1 aromatic rings. The van der Waals surface area contributed by atoms with E-state index in [4.69, 9.17) is 4.74 Å². The second kappa shape index (κ2) is 5.48. The average Bonchev–Trinajstić information content (AvgIpc) is 2.16. The van der Waals surface area contributed by atoms with Crippen molar-refractivity contribution in [1.29, 1.82) is 0 Å². The molecule has 0 aliphatic heterocycles. The fourth-order valence-corrected chi connectivity index (χ4v) is 0.910. The van der Waals surface area contributed by atoms with Gasteiger partial charge in [-0.15, -0.1) is 0 Å². The van der Waals surface area contributed by atoms with Gasteiger partial charge in [0.2, 0.25) is 0 Å². The van der Waals surface area contributed by atoms with Crippen LogP contribution in [-0.4, -0.2) is 26.7 Å². The van der Waals surface area contributed by atoms with Gasteiger partial charge < -0.3 is 4.74 Å². The molecule has 0 N–H and O–H groups in total. The summed E-state index contributed by atoms with van der Waals surface area (Å²) in [5.41, 5.74) is 0. The molecule has 1 heterocycles. The van der Waals surface area contributed by atoms with Crippen molar-refractivity contribution in [2.75, 3.05) is 11.9 Å². The van der Waals surface area contributed by atoms with Crippen LogP contribution >= 0.6 is 31.9 Å². The number of hydrogen-bond donors (Lipinski definition) is 0. The van der Waals surface area contributed by atoms with Crippen LogP contribution in [0, 0.1) is 0 Å². The summed E-state index contributed by atoms with van der Waals surface area (Å²) in [6.07, 6.45) is 4.75. The number of aromatic nitrogens is 2. The van der Waals surface area contributed by atoms with E-state index in [1.165, 1.54) is 6.33 Å². The van der Waals surface area contributed by atoms with E-state index in [0.717, 1.165) is 5.33 Å². The molecule has 0 aliphatic carbocycles. The van der Waals surface area contributed by atoms with Crippen LogP contribution in [0.1, 0.15) is 0 Å². The third-order valence-corrected chi connectivity index (χ3v) is 3.37. The van der Waals surface area contributed by atoms with Crippen molar-refractivity contribution in [3.05, 3.63) is 18.7 Å². The van der Waals surface area contributed by atoms with Gasteiger partial charge >= 0.3 is 0 Å². The number of nitrogens with zero attached hydrogens (tertiary/aromatic N) is 2. The highest BCUT2D eigenvalue weighted by Crippen LogP contribution is 2.08. The molecule has 0 bridgehead atoms. The Morgan fingerprint density at radius 2 is 2.08 bits per heavy atom. The Bertz CT molecular complexity index is 220. The lowest BCUT2D eigenvalue weighted by molar-refractivity contribution is 0.322. The summed E-state index contributed by atoms with van der Waals surface area (Å²) in [7, 11) is 0. The summed E-state index contributed by atoms with van der Waals surface area (Å²) in [6.45, 7) is 0.610. The van der Waals surface area contributed by atoms with Crippen LogP contribution in [0.15, 0.2) is 18.7 Å². The molecule has 0 spiro atoms. The molecular weight excluding hydrogens is 288 g/mol. The highest BCUT2D eigenvalue weighted by Gasteiger charge is 2.02. The first kappa shape index (κ1) is 9.92. The number of ether oxygens (including phenoxy) is 1.